The van der Waals surface area contributed by atoms with E-state index in [0.29, 0.717) is 28.1 Å². The second-order valence-corrected chi connectivity index (χ2v) is 6.50. The van der Waals surface area contributed by atoms with Gasteiger partial charge in [-0.3, -0.25) is 9.52 Å². The zero-order valence-corrected chi connectivity index (χ0v) is 12.7. The van der Waals surface area contributed by atoms with Gasteiger partial charge >= 0.3 is 0 Å². The summed E-state index contributed by atoms with van der Waals surface area (Å²) in [6.45, 7) is 0. The number of carbonyl (C=O) groups excluding carboxylic acids is 1. The number of halogens is 2. The Kier molecular flexibility index (Phi) is 5.43. The molecule has 18 heavy (non-hydrogen) atoms. The van der Waals surface area contributed by atoms with E-state index in [4.69, 9.17) is 11.6 Å². The molecule has 0 aromatic heterocycles. The number of carbonyl (C=O) groups is 1. The van der Waals surface area contributed by atoms with Gasteiger partial charge in [0.15, 0.2) is 0 Å². The minimum Gasteiger partial charge on any atom is -0.325 e. The van der Waals surface area contributed by atoms with Gasteiger partial charge in [0.25, 0.3) is 0 Å². The minimum absolute atomic E-state index is 0.203. The zero-order valence-electron chi connectivity index (χ0n) is 9.54. The maximum Gasteiger partial charge on any atom is 0.229 e. The summed E-state index contributed by atoms with van der Waals surface area (Å²) in [5.74, 6) is -0.203. The van der Waals surface area contributed by atoms with Crippen molar-refractivity contribution in [1.82, 2.24) is 0 Å². The molecule has 1 aromatic rings. The molecule has 0 atom stereocenters. The first kappa shape index (κ1) is 15.3. The SMILES string of the molecule is CS(=O)(=O)Nc1ccc(Cl)c(NC(=O)CCBr)c1. The van der Waals surface area contributed by atoms with E-state index >= 15 is 0 Å². The second kappa shape index (κ2) is 6.40. The fraction of sp³-hybridized carbons (Fsp3) is 0.300. The summed E-state index contributed by atoms with van der Waals surface area (Å²) < 4.78 is 24.5. The van der Waals surface area contributed by atoms with Crippen molar-refractivity contribution in [3.8, 4) is 0 Å². The highest BCUT2D eigenvalue weighted by molar-refractivity contribution is 9.09. The number of sulfonamides is 1. The van der Waals surface area contributed by atoms with Gasteiger partial charge in [-0.2, -0.15) is 0 Å². The predicted molar refractivity (Wildman–Crippen MR) is 77.0 cm³/mol. The summed E-state index contributed by atoms with van der Waals surface area (Å²) in [7, 11) is -3.36. The van der Waals surface area contributed by atoms with Gasteiger partial charge in [-0.25, -0.2) is 8.42 Å². The van der Waals surface area contributed by atoms with Crippen LogP contribution in [0.4, 0.5) is 11.4 Å². The highest BCUT2D eigenvalue weighted by Crippen LogP contribution is 2.26. The Labute approximate surface area is 119 Å². The van der Waals surface area contributed by atoms with Crippen molar-refractivity contribution < 1.29 is 13.2 Å². The van der Waals surface area contributed by atoms with E-state index in [-0.39, 0.29) is 5.91 Å². The van der Waals surface area contributed by atoms with E-state index in [1.165, 1.54) is 18.2 Å². The number of amides is 1. The predicted octanol–water partition coefficient (Wildman–Crippen LogP) is 2.44. The molecule has 1 aromatic carbocycles. The van der Waals surface area contributed by atoms with Crippen LogP contribution < -0.4 is 10.0 Å². The molecule has 1 rings (SSSR count). The molecule has 0 radical (unpaired) electrons. The van der Waals surface area contributed by atoms with E-state index < -0.39 is 10.0 Å². The largest absolute Gasteiger partial charge is 0.325 e. The molecule has 100 valence electrons. The third kappa shape index (κ3) is 5.24. The third-order valence-corrected chi connectivity index (χ3v) is 3.20. The molecule has 2 N–H and O–H groups in total. The summed E-state index contributed by atoms with van der Waals surface area (Å²) in [6, 6.07) is 4.50. The summed E-state index contributed by atoms with van der Waals surface area (Å²) >= 11 is 9.06. The maximum atomic E-state index is 11.4. The summed E-state index contributed by atoms with van der Waals surface area (Å²) in [4.78, 5) is 11.4. The monoisotopic (exact) mass is 354 g/mol. The van der Waals surface area contributed by atoms with Crippen molar-refractivity contribution in [3.63, 3.8) is 0 Å². The van der Waals surface area contributed by atoms with Crippen LogP contribution in [0.5, 0.6) is 0 Å². The van der Waals surface area contributed by atoms with Gasteiger partial charge in [0.2, 0.25) is 15.9 Å². The van der Waals surface area contributed by atoms with Crippen molar-refractivity contribution in [2.75, 3.05) is 21.6 Å². The number of alkyl halides is 1. The Morgan fingerprint density at radius 1 is 1.44 bits per heavy atom. The van der Waals surface area contributed by atoms with E-state index in [1.807, 2.05) is 0 Å². The Hall–Kier alpha value is -0.790. The fourth-order valence-electron chi connectivity index (χ4n) is 1.20. The molecule has 0 heterocycles. The van der Waals surface area contributed by atoms with Crippen LogP contribution in [0.1, 0.15) is 6.42 Å². The molecule has 0 saturated carbocycles. The van der Waals surface area contributed by atoms with Gasteiger partial charge in [0.05, 0.1) is 22.7 Å². The molecule has 0 unspecified atom stereocenters. The average Bonchev–Trinajstić information content (AvgIpc) is 2.21. The maximum absolute atomic E-state index is 11.4. The first-order chi connectivity index (χ1) is 8.31. The molecule has 0 bridgehead atoms. The molecule has 0 aliphatic rings. The Balaban J connectivity index is 2.91. The Morgan fingerprint density at radius 3 is 2.67 bits per heavy atom. The van der Waals surface area contributed by atoms with Gasteiger partial charge in [0.1, 0.15) is 0 Å². The topological polar surface area (TPSA) is 75.3 Å². The van der Waals surface area contributed by atoms with Gasteiger partial charge in [-0.15, -0.1) is 0 Å². The number of nitrogens with one attached hydrogen (secondary N) is 2. The van der Waals surface area contributed by atoms with Crippen LogP contribution in [0.15, 0.2) is 18.2 Å². The minimum atomic E-state index is -3.36. The highest BCUT2D eigenvalue weighted by Gasteiger charge is 2.08. The molecule has 0 saturated heterocycles. The summed E-state index contributed by atoms with van der Waals surface area (Å²) in [6.07, 6.45) is 1.35. The van der Waals surface area contributed by atoms with Gasteiger partial charge in [0, 0.05) is 11.8 Å². The number of anilines is 2. The molecule has 1 amide bonds. The quantitative estimate of drug-likeness (QED) is 0.797. The molecular weight excluding hydrogens is 344 g/mol. The van der Waals surface area contributed by atoms with Crippen LogP contribution in [-0.2, 0) is 14.8 Å². The van der Waals surface area contributed by atoms with Crippen LogP contribution in [0.25, 0.3) is 0 Å². The van der Waals surface area contributed by atoms with E-state index in [2.05, 4.69) is 26.0 Å². The van der Waals surface area contributed by atoms with Crippen molar-refractivity contribution in [2.45, 2.75) is 6.42 Å². The molecule has 0 spiro atoms. The van der Waals surface area contributed by atoms with Crippen molar-refractivity contribution in [3.05, 3.63) is 23.2 Å². The molecule has 0 fully saturated rings. The van der Waals surface area contributed by atoms with Crippen molar-refractivity contribution in [2.24, 2.45) is 0 Å². The van der Waals surface area contributed by atoms with Crippen LogP contribution in [0.3, 0.4) is 0 Å². The normalized spacial score (nSPS) is 11.1. The van der Waals surface area contributed by atoms with E-state index in [1.54, 1.807) is 0 Å². The van der Waals surface area contributed by atoms with Crippen molar-refractivity contribution in [1.29, 1.82) is 0 Å². The van der Waals surface area contributed by atoms with Gasteiger partial charge < -0.3 is 5.32 Å². The average molecular weight is 356 g/mol. The standard InChI is InChI=1S/C10H12BrClN2O3S/c1-18(16,17)14-7-2-3-8(12)9(6-7)13-10(15)4-5-11/h2-3,6,14H,4-5H2,1H3,(H,13,15). The molecule has 0 aliphatic carbocycles. The summed E-state index contributed by atoms with van der Waals surface area (Å²) in [5.41, 5.74) is 0.715. The lowest BCUT2D eigenvalue weighted by atomic mass is 10.2. The van der Waals surface area contributed by atoms with Crippen LogP contribution in [0.2, 0.25) is 5.02 Å². The molecular formula is C10H12BrClN2O3S. The zero-order chi connectivity index (χ0) is 13.8. The number of benzene rings is 1. The second-order valence-electron chi connectivity index (χ2n) is 3.56. The first-order valence-electron chi connectivity index (χ1n) is 4.95. The Morgan fingerprint density at radius 2 is 2.11 bits per heavy atom. The molecule has 0 aliphatic heterocycles. The van der Waals surface area contributed by atoms with E-state index in [0.717, 1.165) is 6.26 Å². The Bertz CT molecular complexity index is 548. The molecule has 5 nitrogen and oxygen atoms in total. The third-order valence-electron chi connectivity index (χ3n) is 1.87. The number of hydrogen-bond donors (Lipinski definition) is 2. The number of rotatable bonds is 5. The van der Waals surface area contributed by atoms with Crippen LogP contribution in [-0.4, -0.2) is 25.9 Å². The van der Waals surface area contributed by atoms with Gasteiger partial charge in [-0.05, 0) is 18.2 Å². The lowest BCUT2D eigenvalue weighted by molar-refractivity contribution is -0.115. The summed E-state index contributed by atoms with van der Waals surface area (Å²) in [5, 5.41) is 3.49. The van der Waals surface area contributed by atoms with Gasteiger partial charge in [-0.1, -0.05) is 27.5 Å². The van der Waals surface area contributed by atoms with Crippen LogP contribution >= 0.6 is 27.5 Å². The van der Waals surface area contributed by atoms with Crippen molar-refractivity contribution >= 4 is 54.8 Å². The van der Waals surface area contributed by atoms with Crippen LogP contribution in [0, 0.1) is 0 Å². The number of hydrogen-bond acceptors (Lipinski definition) is 3. The lowest BCUT2D eigenvalue weighted by Gasteiger charge is -2.09. The first-order valence-corrected chi connectivity index (χ1v) is 8.34. The van der Waals surface area contributed by atoms with E-state index in [9.17, 15) is 13.2 Å². The fourth-order valence-corrected chi connectivity index (χ4v) is 2.28. The molecule has 8 heteroatoms. The highest BCUT2D eigenvalue weighted by atomic mass is 79.9. The smallest absolute Gasteiger partial charge is 0.229 e. The lowest BCUT2D eigenvalue weighted by Crippen LogP contribution is -2.13.